The number of hydrogen-bond donors (Lipinski definition) is 0. The number of halogens is 3. The molecule has 1 nitrogen and oxygen atoms in total. The van der Waals surface area contributed by atoms with Crippen molar-refractivity contribution in [1.82, 2.24) is 0 Å². The maximum Gasteiger partial charge on any atom is 0.166 e. The fourth-order valence-corrected chi connectivity index (χ4v) is 4.96. The zero-order valence-electron chi connectivity index (χ0n) is 19.9. The van der Waals surface area contributed by atoms with E-state index in [1.165, 1.54) is 0 Å². The van der Waals surface area contributed by atoms with Crippen LogP contribution in [0, 0.1) is 23.4 Å². The molecule has 1 aliphatic carbocycles. The zero-order valence-corrected chi connectivity index (χ0v) is 19.9. The molecule has 1 saturated heterocycles. The second-order valence-electron chi connectivity index (χ2n) is 9.49. The number of ether oxygens (including phenoxy) is 1. The van der Waals surface area contributed by atoms with Gasteiger partial charge in [0.1, 0.15) is 11.9 Å². The SMILES string of the molecule is C/C=C/c1ccc(-c2ccc(CCC3CC=C(c4ccc(C5CO5)c(F)c4)CC3)c(F)c2F)cc1. The van der Waals surface area contributed by atoms with E-state index in [0.29, 0.717) is 35.6 Å². The summed E-state index contributed by atoms with van der Waals surface area (Å²) in [5, 5.41) is 0. The lowest BCUT2D eigenvalue weighted by atomic mass is 9.83. The molecule has 1 heterocycles. The van der Waals surface area contributed by atoms with Gasteiger partial charge in [-0.2, -0.15) is 0 Å². The molecule has 1 fully saturated rings. The van der Waals surface area contributed by atoms with Crippen molar-refractivity contribution in [3.05, 3.63) is 106 Å². The molecule has 0 aromatic heterocycles. The lowest BCUT2D eigenvalue weighted by Gasteiger charge is -2.22. The van der Waals surface area contributed by atoms with E-state index in [1.54, 1.807) is 18.2 Å². The lowest BCUT2D eigenvalue weighted by molar-refractivity contribution is 0.408. The maximum absolute atomic E-state index is 14.9. The molecular weight excluding hydrogens is 445 g/mol. The summed E-state index contributed by atoms with van der Waals surface area (Å²) in [4.78, 5) is 0. The average molecular weight is 475 g/mol. The minimum atomic E-state index is -0.783. The van der Waals surface area contributed by atoms with Gasteiger partial charge in [-0.25, -0.2) is 13.2 Å². The summed E-state index contributed by atoms with van der Waals surface area (Å²) in [6.45, 7) is 2.53. The van der Waals surface area contributed by atoms with Gasteiger partial charge in [-0.1, -0.05) is 66.8 Å². The summed E-state index contributed by atoms with van der Waals surface area (Å²) in [5.74, 6) is -1.33. The molecule has 2 atom stereocenters. The molecule has 0 bridgehead atoms. The van der Waals surface area contributed by atoms with Gasteiger partial charge in [0.25, 0.3) is 0 Å². The third-order valence-corrected chi connectivity index (χ3v) is 7.14. The Bertz CT molecular complexity index is 1270. The molecule has 3 aromatic carbocycles. The number of benzene rings is 3. The molecule has 0 radical (unpaired) electrons. The number of epoxide rings is 1. The number of aryl methyl sites for hydroxylation is 1. The van der Waals surface area contributed by atoms with Crippen LogP contribution in [0.4, 0.5) is 13.2 Å². The van der Waals surface area contributed by atoms with Crippen molar-refractivity contribution in [3.63, 3.8) is 0 Å². The predicted molar refractivity (Wildman–Crippen MR) is 135 cm³/mol. The van der Waals surface area contributed by atoms with Gasteiger partial charge in [-0.05, 0) is 78.8 Å². The first-order chi connectivity index (χ1) is 17.0. The van der Waals surface area contributed by atoms with Crippen LogP contribution in [0.15, 0.2) is 66.7 Å². The van der Waals surface area contributed by atoms with Gasteiger partial charge in [0.15, 0.2) is 11.6 Å². The Kier molecular flexibility index (Phi) is 6.92. The molecule has 1 aliphatic heterocycles. The quantitative estimate of drug-likeness (QED) is 0.312. The van der Waals surface area contributed by atoms with Crippen LogP contribution >= 0.6 is 0 Å². The van der Waals surface area contributed by atoms with Crippen LogP contribution < -0.4 is 0 Å². The van der Waals surface area contributed by atoms with Crippen LogP contribution in [-0.2, 0) is 11.2 Å². The summed E-state index contributed by atoms with van der Waals surface area (Å²) in [6, 6.07) is 16.2. The summed E-state index contributed by atoms with van der Waals surface area (Å²) in [7, 11) is 0. The van der Waals surface area contributed by atoms with Crippen molar-refractivity contribution < 1.29 is 17.9 Å². The second-order valence-corrected chi connectivity index (χ2v) is 9.49. The Balaban J connectivity index is 1.21. The van der Waals surface area contributed by atoms with Gasteiger partial charge in [-0.3, -0.25) is 0 Å². The zero-order chi connectivity index (χ0) is 24.4. The van der Waals surface area contributed by atoms with Crippen molar-refractivity contribution >= 4 is 11.6 Å². The smallest absolute Gasteiger partial charge is 0.166 e. The largest absolute Gasteiger partial charge is 0.368 e. The Morgan fingerprint density at radius 1 is 0.943 bits per heavy atom. The van der Waals surface area contributed by atoms with Gasteiger partial charge in [-0.15, -0.1) is 0 Å². The Morgan fingerprint density at radius 3 is 2.37 bits per heavy atom. The molecule has 0 saturated carbocycles. The van der Waals surface area contributed by atoms with Gasteiger partial charge in [0, 0.05) is 11.1 Å². The third-order valence-electron chi connectivity index (χ3n) is 7.14. The number of rotatable bonds is 7. The fraction of sp³-hybridized carbons (Fsp3) is 0.290. The van der Waals surface area contributed by atoms with Crippen molar-refractivity contribution in [1.29, 1.82) is 0 Å². The summed E-state index contributed by atoms with van der Waals surface area (Å²) < 4.78 is 49.3. The van der Waals surface area contributed by atoms with E-state index in [9.17, 15) is 13.2 Å². The molecule has 5 rings (SSSR count). The Hall–Kier alpha value is -3.11. The third kappa shape index (κ3) is 5.28. The van der Waals surface area contributed by atoms with Crippen LogP contribution in [0.25, 0.3) is 22.8 Å². The predicted octanol–water partition coefficient (Wildman–Crippen LogP) is 8.69. The van der Waals surface area contributed by atoms with E-state index in [4.69, 9.17) is 4.74 Å². The van der Waals surface area contributed by atoms with Crippen molar-refractivity contribution in [2.75, 3.05) is 6.61 Å². The molecule has 0 N–H and O–H groups in total. The van der Waals surface area contributed by atoms with E-state index < -0.39 is 11.6 Å². The van der Waals surface area contributed by atoms with Crippen molar-refractivity contribution in [2.45, 2.75) is 45.1 Å². The van der Waals surface area contributed by atoms with Crippen LogP contribution in [0.1, 0.15) is 61.0 Å². The Morgan fingerprint density at radius 2 is 1.71 bits per heavy atom. The van der Waals surface area contributed by atoms with E-state index >= 15 is 0 Å². The van der Waals surface area contributed by atoms with Crippen molar-refractivity contribution in [2.24, 2.45) is 5.92 Å². The molecule has 180 valence electrons. The monoisotopic (exact) mass is 474 g/mol. The van der Waals surface area contributed by atoms with Crippen LogP contribution in [-0.4, -0.2) is 6.61 Å². The topological polar surface area (TPSA) is 12.5 Å². The highest BCUT2D eigenvalue weighted by molar-refractivity contribution is 5.67. The molecule has 2 aliphatic rings. The van der Waals surface area contributed by atoms with E-state index in [1.807, 2.05) is 55.5 Å². The maximum atomic E-state index is 14.9. The van der Waals surface area contributed by atoms with E-state index in [0.717, 1.165) is 42.4 Å². The fourth-order valence-electron chi connectivity index (χ4n) is 4.96. The molecule has 3 aromatic rings. The van der Waals surface area contributed by atoms with Gasteiger partial charge in [0.05, 0.1) is 6.61 Å². The van der Waals surface area contributed by atoms with E-state index in [-0.39, 0.29) is 17.5 Å². The summed E-state index contributed by atoms with van der Waals surface area (Å²) >= 11 is 0. The normalized spacial score (nSPS) is 19.7. The lowest BCUT2D eigenvalue weighted by Crippen LogP contribution is -2.08. The van der Waals surface area contributed by atoms with Crippen LogP contribution in [0.3, 0.4) is 0 Å². The average Bonchev–Trinajstić information content (AvgIpc) is 3.71. The minimum Gasteiger partial charge on any atom is -0.368 e. The standard InChI is InChI=1S/C31H29F3O/c1-2-3-20-6-11-23(12-7-20)26-16-14-24(30(33)31(26)34)13-8-21-4-9-22(10-5-21)25-15-17-27(28(32)18-25)29-19-35-29/h2-3,6-7,9,11-12,14-18,21,29H,4-5,8,10,13,19H2,1H3/b3-2+. The molecule has 0 spiro atoms. The highest BCUT2D eigenvalue weighted by Crippen LogP contribution is 2.36. The van der Waals surface area contributed by atoms with Gasteiger partial charge < -0.3 is 4.74 Å². The molecular formula is C31H29F3O. The molecule has 35 heavy (non-hydrogen) atoms. The van der Waals surface area contributed by atoms with Crippen LogP contribution in [0.5, 0.6) is 0 Å². The highest BCUT2D eigenvalue weighted by Gasteiger charge is 2.28. The minimum absolute atomic E-state index is 0.0863. The first-order valence-electron chi connectivity index (χ1n) is 12.3. The Labute approximate surface area is 205 Å². The molecule has 2 unspecified atom stereocenters. The number of hydrogen-bond acceptors (Lipinski definition) is 1. The molecule has 0 amide bonds. The first-order valence-corrected chi connectivity index (χ1v) is 12.3. The summed E-state index contributed by atoms with van der Waals surface area (Å²) in [6.07, 6.45) is 9.98. The van der Waals surface area contributed by atoms with E-state index in [2.05, 4.69) is 6.08 Å². The first kappa shape index (κ1) is 23.6. The van der Waals surface area contributed by atoms with Crippen LogP contribution in [0.2, 0.25) is 0 Å². The molecule has 4 heteroatoms. The van der Waals surface area contributed by atoms with Gasteiger partial charge >= 0.3 is 0 Å². The van der Waals surface area contributed by atoms with Crippen molar-refractivity contribution in [3.8, 4) is 11.1 Å². The second kappa shape index (κ2) is 10.2. The summed E-state index contributed by atoms with van der Waals surface area (Å²) in [5.41, 5.74) is 5.11. The highest BCUT2D eigenvalue weighted by atomic mass is 19.2. The van der Waals surface area contributed by atoms with Gasteiger partial charge in [0.2, 0.25) is 0 Å². The number of allylic oxidation sites excluding steroid dienone is 3.